The van der Waals surface area contributed by atoms with E-state index in [1.165, 1.54) is 0 Å². The van der Waals surface area contributed by atoms with Gasteiger partial charge in [0.05, 0.1) is 5.56 Å². The van der Waals surface area contributed by atoms with E-state index in [1.807, 2.05) is 0 Å². The van der Waals surface area contributed by atoms with Crippen molar-refractivity contribution in [2.24, 2.45) is 0 Å². The van der Waals surface area contributed by atoms with Gasteiger partial charge in [-0.1, -0.05) is 6.92 Å². The van der Waals surface area contributed by atoms with Crippen molar-refractivity contribution in [2.45, 2.75) is 23.2 Å². The molecule has 1 rings (SSSR count). The zero-order valence-corrected chi connectivity index (χ0v) is 9.89. The Morgan fingerprint density at radius 2 is 2.00 bits per heavy atom. The first-order valence-electron chi connectivity index (χ1n) is 4.44. The van der Waals surface area contributed by atoms with Crippen molar-refractivity contribution in [1.29, 1.82) is 0 Å². The van der Waals surface area contributed by atoms with Crippen molar-refractivity contribution >= 4 is 23.4 Å². The lowest BCUT2D eigenvalue weighted by molar-refractivity contribution is -0.137. The summed E-state index contributed by atoms with van der Waals surface area (Å²) in [7, 11) is 0. The Labute approximate surface area is 100.0 Å². The molecule has 0 amide bonds. The molecule has 6 heteroatoms. The van der Waals surface area contributed by atoms with E-state index in [0.717, 1.165) is 23.9 Å². The van der Waals surface area contributed by atoms with Crippen LogP contribution >= 0.6 is 23.4 Å². The molecule has 1 aromatic carbocycles. The lowest BCUT2D eigenvalue weighted by atomic mass is 10.2. The highest BCUT2D eigenvalue weighted by Gasteiger charge is 2.31. The van der Waals surface area contributed by atoms with Crippen molar-refractivity contribution in [3.8, 4) is 0 Å². The number of benzene rings is 1. The molecule has 0 radical (unpaired) electrons. The highest BCUT2D eigenvalue weighted by Crippen LogP contribution is 2.33. The van der Waals surface area contributed by atoms with Crippen molar-refractivity contribution in [1.82, 2.24) is 0 Å². The molecule has 0 saturated heterocycles. The van der Waals surface area contributed by atoms with Crippen LogP contribution in [0, 0.1) is 5.82 Å². The SMILES string of the molecule is CC(CCl)Sc1ccc(C(F)(F)F)cc1F. The Balaban J connectivity index is 2.92. The van der Waals surface area contributed by atoms with Gasteiger partial charge in [-0.15, -0.1) is 23.4 Å². The van der Waals surface area contributed by atoms with E-state index in [1.54, 1.807) is 6.92 Å². The second kappa shape index (κ2) is 5.27. The van der Waals surface area contributed by atoms with Gasteiger partial charge in [-0.2, -0.15) is 13.2 Å². The van der Waals surface area contributed by atoms with Gasteiger partial charge in [0, 0.05) is 16.0 Å². The Hall–Kier alpha value is -0.420. The zero-order chi connectivity index (χ0) is 12.3. The Bertz CT molecular complexity index is 364. The largest absolute Gasteiger partial charge is 0.416 e. The van der Waals surface area contributed by atoms with Crippen LogP contribution in [0.15, 0.2) is 23.1 Å². The van der Waals surface area contributed by atoms with E-state index >= 15 is 0 Å². The van der Waals surface area contributed by atoms with Gasteiger partial charge in [0.15, 0.2) is 0 Å². The van der Waals surface area contributed by atoms with Crippen LogP contribution in [0.25, 0.3) is 0 Å². The van der Waals surface area contributed by atoms with Crippen molar-refractivity contribution in [3.05, 3.63) is 29.6 Å². The number of hydrogen-bond donors (Lipinski definition) is 0. The van der Waals surface area contributed by atoms with Crippen LogP contribution in [0.3, 0.4) is 0 Å². The van der Waals surface area contributed by atoms with Crippen LogP contribution in [-0.2, 0) is 6.18 Å². The molecule has 0 saturated carbocycles. The molecule has 0 aliphatic rings. The summed E-state index contributed by atoms with van der Waals surface area (Å²) >= 11 is 6.65. The molecule has 0 bridgehead atoms. The van der Waals surface area contributed by atoms with Gasteiger partial charge in [0.2, 0.25) is 0 Å². The third kappa shape index (κ3) is 3.56. The van der Waals surface area contributed by atoms with Gasteiger partial charge in [0.25, 0.3) is 0 Å². The standard InChI is InChI=1S/C10H9ClF4S/c1-6(5-11)16-9-3-2-7(4-8(9)12)10(13,14)15/h2-4,6H,5H2,1H3. The summed E-state index contributed by atoms with van der Waals surface area (Å²) in [6, 6.07) is 2.50. The number of thioether (sulfide) groups is 1. The van der Waals surface area contributed by atoms with Crippen LogP contribution in [0.1, 0.15) is 12.5 Å². The van der Waals surface area contributed by atoms with Crippen LogP contribution in [-0.4, -0.2) is 11.1 Å². The molecule has 0 spiro atoms. The average Bonchev–Trinajstić information content (AvgIpc) is 2.19. The van der Waals surface area contributed by atoms with Gasteiger partial charge in [-0.3, -0.25) is 0 Å². The van der Waals surface area contributed by atoms with Gasteiger partial charge < -0.3 is 0 Å². The smallest absolute Gasteiger partial charge is 0.206 e. The molecule has 0 fully saturated rings. The normalized spacial score (nSPS) is 13.9. The fourth-order valence-electron chi connectivity index (χ4n) is 1.02. The summed E-state index contributed by atoms with van der Waals surface area (Å²) in [6.07, 6.45) is -4.51. The van der Waals surface area contributed by atoms with Crippen molar-refractivity contribution in [3.63, 3.8) is 0 Å². The Morgan fingerprint density at radius 3 is 2.44 bits per heavy atom. The minimum Gasteiger partial charge on any atom is -0.206 e. The van der Waals surface area contributed by atoms with Crippen LogP contribution in [0.4, 0.5) is 17.6 Å². The van der Waals surface area contributed by atoms with E-state index in [2.05, 4.69) is 0 Å². The first-order chi connectivity index (χ1) is 7.34. The second-order valence-electron chi connectivity index (χ2n) is 3.23. The predicted octanol–water partition coefficient (Wildman–Crippen LogP) is 4.56. The molecule has 0 nitrogen and oxygen atoms in total. The summed E-state index contributed by atoms with van der Waals surface area (Å²) < 4.78 is 50.0. The van der Waals surface area contributed by atoms with E-state index in [9.17, 15) is 17.6 Å². The molecule has 16 heavy (non-hydrogen) atoms. The lowest BCUT2D eigenvalue weighted by Crippen LogP contribution is -2.06. The van der Waals surface area contributed by atoms with E-state index < -0.39 is 17.6 Å². The summed E-state index contributed by atoms with van der Waals surface area (Å²) in [5, 5.41) is -0.0482. The summed E-state index contributed by atoms with van der Waals surface area (Å²) in [5.41, 5.74) is -0.979. The van der Waals surface area contributed by atoms with Gasteiger partial charge in [0.1, 0.15) is 5.82 Å². The monoisotopic (exact) mass is 272 g/mol. The second-order valence-corrected chi connectivity index (χ2v) is 5.01. The molecule has 1 aromatic rings. The van der Waals surface area contributed by atoms with E-state index in [-0.39, 0.29) is 10.1 Å². The average molecular weight is 273 g/mol. The third-order valence-electron chi connectivity index (χ3n) is 1.80. The van der Waals surface area contributed by atoms with Gasteiger partial charge in [-0.25, -0.2) is 4.39 Å². The Morgan fingerprint density at radius 1 is 1.38 bits per heavy atom. The fourth-order valence-corrected chi connectivity index (χ4v) is 2.02. The third-order valence-corrected chi connectivity index (χ3v) is 3.60. The number of rotatable bonds is 3. The number of alkyl halides is 4. The molecule has 0 aromatic heterocycles. The molecule has 0 aliphatic heterocycles. The van der Waals surface area contributed by atoms with Gasteiger partial charge in [-0.05, 0) is 18.2 Å². The molecule has 0 N–H and O–H groups in total. The minimum absolute atomic E-state index is 0.0482. The number of hydrogen-bond acceptors (Lipinski definition) is 1. The fraction of sp³-hybridized carbons (Fsp3) is 0.400. The van der Waals surface area contributed by atoms with Crippen molar-refractivity contribution < 1.29 is 17.6 Å². The maximum Gasteiger partial charge on any atom is 0.416 e. The minimum atomic E-state index is -4.51. The first-order valence-corrected chi connectivity index (χ1v) is 5.85. The van der Waals surface area contributed by atoms with Crippen molar-refractivity contribution in [2.75, 3.05) is 5.88 Å². The topological polar surface area (TPSA) is 0 Å². The maximum absolute atomic E-state index is 13.3. The molecule has 1 unspecified atom stereocenters. The highest BCUT2D eigenvalue weighted by atomic mass is 35.5. The predicted molar refractivity (Wildman–Crippen MR) is 57.4 cm³/mol. The molecule has 0 aliphatic carbocycles. The molecular formula is C10H9ClF4S. The Kier molecular flexibility index (Phi) is 4.50. The molecule has 1 atom stereocenters. The highest BCUT2D eigenvalue weighted by molar-refractivity contribution is 8.00. The summed E-state index contributed by atoms with van der Waals surface area (Å²) in [6.45, 7) is 1.77. The summed E-state index contributed by atoms with van der Waals surface area (Å²) in [4.78, 5) is 0.182. The first kappa shape index (κ1) is 13.6. The van der Waals surface area contributed by atoms with Crippen LogP contribution in [0.5, 0.6) is 0 Å². The lowest BCUT2D eigenvalue weighted by Gasteiger charge is -2.11. The number of halogens is 5. The molecule has 90 valence electrons. The zero-order valence-electron chi connectivity index (χ0n) is 8.31. The van der Waals surface area contributed by atoms with Crippen LogP contribution < -0.4 is 0 Å². The molecular weight excluding hydrogens is 264 g/mol. The quantitative estimate of drug-likeness (QED) is 0.441. The van der Waals surface area contributed by atoms with E-state index in [0.29, 0.717) is 11.9 Å². The maximum atomic E-state index is 13.3. The van der Waals surface area contributed by atoms with E-state index in [4.69, 9.17) is 11.6 Å². The molecule has 0 heterocycles. The van der Waals surface area contributed by atoms with Crippen LogP contribution in [0.2, 0.25) is 0 Å². The van der Waals surface area contributed by atoms with Gasteiger partial charge >= 0.3 is 6.18 Å². The summed E-state index contributed by atoms with van der Waals surface area (Å²) in [5.74, 6) is -0.553.